The van der Waals surface area contributed by atoms with Gasteiger partial charge in [-0.15, -0.1) is 0 Å². The van der Waals surface area contributed by atoms with Crippen molar-refractivity contribution >= 4 is 35.0 Å². The highest BCUT2D eigenvalue weighted by Crippen LogP contribution is 2.36. The topological polar surface area (TPSA) is 76.0 Å². The Morgan fingerprint density at radius 3 is 2.30 bits per heavy atom. The Morgan fingerprint density at radius 2 is 1.70 bits per heavy atom. The maximum absolute atomic E-state index is 12.4. The van der Waals surface area contributed by atoms with Crippen LogP contribution in [0.4, 0.5) is 24.5 Å². The van der Waals surface area contributed by atoms with Crippen molar-refractivity contribution in [3.63, 3.8) is 0 Å². The Morgan fingerprint density at radius 1 is 1.03 bits per heavy atom. The standard InChI is InChI=1S/C20H17F3N4O2S/c1-13(27-11-3-10-24-27)18(28)25-15-4-2-5-16(12-15)26-19(29)14-6-8-17(9-7-14)30-20(21,22)23/h2-13H,1H3,(H,25,28)(H,26,29). The quantitative estimate of drug-likeness (QED) is 0.539. The van der Waals surface area contributed by atoms with E-state index in [1.54, 1.807) is 49.6 Å². The number of carbonyl (C=O) groups excluding carboxylic acids is 2. The van der Waals surface area contributed by atoms with Gasteiger partial charge in [-0.2, -0.15) is 18.3 Å². The third kappa shape index (κ3) is 5.86. The van der Waals surface area contributed by atoms with Crippen LogP contribution in [0.5, 0.6) is 0 Å². The van der Waals surface area contributed by atoms with Gasteiger partial charge in [0.15, 0.2) is 0 Å². The monoisotopic (exact) mass is 434 g/mol. The highest BCUT2D eigenvalue weighted by molar-refractivity contribution is 8.00. The molecule has 0 spiro atoms. The Hall–Kier alpha value is -3.27. The van der Waals surface area contributed by atoms with Gasteiger partial charge in [0.05, 0.1) is 0 Å². The third-order valence-corrected chi connectivity index (χ3v) is 4.78. The van der Waals surface area contributed by atoms with Gasteiger partial charge < -0.3 is 10.6 Å². The molecule has 2 amide bonds. The van der Waals surface area contributed by atoms with Crippen LogP contribution in [0.15, 0.2) is 71.9 Å². The van der Waals surface area contributed by atoms with Crippen LogP contribution in [0, 0.1) is 0 Å². The number of benzene rings is 2. The van der Waals surface area contributed by atoms with E-state index in [1.165, 1.54) is 28.9 Å². The van der Waals surface area contributed by atoms with Gasteiger partial charge in [0.25, 0.3) is 5.91 Å². The summed E-state index contributed by atoms with van der Waals surface area (Å²) in [5, 5.41) is 9.44. The highest BCUT2D eigenvalue weighted by atomic mass is 32.2. The fourth-order valence-electron chi connectivity index (χ4n) is 2.56. The number of hydrogen-bond donors (Lipinski definition) is 2. The molecule has 3 rings (SSSR count). The number of hydrogen-bond acceptors (Lipinski definition) is 4. The second-order valence-electron chi connectivity index (χ2n) is 6.26. The summed E-state index contributed by atoms with van der Waals surface area (Å²) < 4.78 is 38.7. The van der Waals surface area contributed by atoms with Gasteiger partial charge in [-0.25, -0.2) is 0 Å². The number of nitrogens with zero attached hydrogens (tertiary/aromatic N) is 2. The van der Waals surface area contributed by atoms with Gasteiger partial charge in [0.1, 0.15) is 6.04 Å². The van der Waals surface area contributed by atoms with E-state index in [0.29, 0.717) is 11.4 Å². The van der Waals surface area contributed by atoms with Gasteiger partial charge >= 0.3 is 5.51 Å². The van der Waals surface area contributed by atoms with Gasteiger partial charge in [-0.1, -0.05) is 6.07 Å². The molecule has 30 heavy (non-hydrogen) atoms. The summed E-state index contributed by atoms with van der Waals surface area (Å²) in [5.41, 5.74) is -3.26. The van der Waals surface area contributed by atoms with Crippen LogP contribution in [-0.2, 0) is 4.79 Å². The summed E-state index contributed by atoms with van der Waals surface area (Å²) in [4.78, 5) is 24.7. The van der Waals surface area contributed by atoms with Gasteiger partial charge in [-0.05, 0) is 67.2 Å². The molecule has 0 fully saturated rings. The van der Waals surface area contributed by atoms with Crippen molar-refractivity contribution in [3.8, 4) is 0 Å². The number of anilines is 2. The number of alkyl halides is 3. The van der Waals surface area contributed by atoms with E-state index in [2.05, 4.69) is 15.7 Å². The van der Waals surface area contributed by atoms with Crippen molar-refractivity contribution in [2.24, 2.45) is 0 Å². The van der Waals surface area contributed by atoms with E-state index in [0.717, 1.165) is 0 Å². The highest BCUT2D eigenvalue weighted by Gasteiger charge is 2.29. The molecule has 2 aromatic carbocycles. The van der Waals surface area contributed by atoms with Gasteiger partial charge in [0.2, 0.25) is 5.91 Å². The van der Waals surface area contributed by atoms with E-state index in [1.807, 2.05) is 0 Å². The lowest BCUT2D eigenvalue weighted by atomic mass is 10.2. The summed E-state index contributed by atoms with van der Waals surface area (Å²) in [6, 6.07) is 12.9. The summed E-state index contributed by atoms with van der Waals surface area (Å²) in [5.74, 6) is -0.758. The molecule has 0 saturated carbocycles. The van der Waals surface area contributed by atoms with E-state index >= 15 is 0 Å². The predicted molar refractivity (Wildman–Crippen MR) is 108 cm³/mol. The van der Waals surface area contributed by atoms with Crippen LogP contribution in [0.2, 0.25) is 0 Å². The second kappa shape index (κ2) is 9.04. The van der Waals surface area contributed by atoms with Crippen molar-refractivity contribution in [1.29, 1.82) is 0 Å². The van der Waals surface area contributed by atoms with E-state index in [4.69, 9.17) is 0 Å². The minimum Gasteiger partial charge on any atom is -0.324 e. The first kappa shape index (κ1) is 21.4. The maximum Gasteiger partial charge on any atom is 0.446 e. The number of amides is 2. The number of rotatable bonds is 6. The zero-order chi connectivity index (χ0) is 21.7. The second-order valence-corrected chi connectivity index (χ2v) is 7.40. The first-order valence-electron chi connectivity index (χ1n) is 8.78. The average Bonchev–Trinajstić information content (AvgIpc) is 3.21. The molecule has 1 unspecified atom stereocenters. The summed E-state index contributed by atoms with van der Waals surface area (Å²) in [6.45, 7) is 1.70. The normalized spacial score (nSPS) is 12.3. The molecule has 0 saturated heterocycles. The first-order chi connectivity index (χ1) is 14.2. The lowest BCUT2D eigenvalue weighted by Gasteiger charge is -2.13. The van der Waals surface area contributed by atoms with Crippen molar-refractivity contribution < 1.29 is 22.8 Å². The molecule has 0 radical (unpaired) electrons. The summed E-state index contributed by atoms with van der Waals surface area (Å²) in [7, 11) is 0. The molecule has 10 heteroatoms. The fourth-order valence-corrected chi connectivity index (χ4v) is 3.10. The molecular weight excluding hydrogens is 417 g/mol. The zero-order valence-electron chi connectivity index (χ0n) is 15.7. The molecule has 6 nitrogen and oxygen atoms in total. The summed E-state index contributed by atoms with van der Waals surface area (Å²) in [6.07, 6.45) is 3.26. The fraction of sp³-hybridized carbons (Fsp3) is 0.150. The van der Waals surface area contributed by atoms with Crippen LogP contribution in [0.1, 0.15) is 23.3 Å². The zero-order valence-corrected chi connectivity index (χ0v) is 16.5. The van der Waals surface area contributed by atoms with Crippen LogP contribution >= 0.6 is 11.8 Å². The Kier molecular flexibility index (Phi) is 6.46. The Labute approximate surface area is 174 Å². The van der Waals surface area contributed by atoms with Crippen LogP contribution in [0.25, 0.3) is 0 Å². The molecule has 2 N–H and O–H groups in total. The van der Waals surface area contributed by atoms with Crippen LogP contribution < -0.4 is 10.6 Å². The van der Waals surface area contributed by atoms with Crippen LogP contribution in [0.3, 0.4) is 0 Å². The van der Waals surface area contributed by atoms with E-state index in [9.17, 15) is 22.8 Å². The SMILES string of the molecule is CC(C(=O)Nc1cccc(NC(=O)c2ccc(SC(F)(F)F)cc2)c1)n1cccn1. The van der Waals surface area contributed by atoms with E-state index < -0.39 is 17.5 Å². The Balaban J connectivity index is 1.63. The molecule has 156 valence electrons. The maximum atomic E-state index is 12.4. The first-order valence-corrected chi connectivity index (χ1v) is 9.60. The van der Waals surface area contributed by atoms with Gasteiger partial charge in [-0.3, -0.25) is 14.3 Å². The van der Waals surface area contributed by atoms with Crippen molar-refractivity contribution in [3.05, 3.63) is 72.6 Å². The van der Waals surface area contributed by atoms with Crippen molar-refractivity contribution in [1.82, 2.24) is 9.78 Å². The molecule has 1 heterocycles. The molecule has 0 aliphatic heterocycles. The third-order valence-electron chi connectivity index (χ3n) is 4.04. The molecule has 3 aromatic rings. The number of halogens is 3. The largest absolute Gasteiger partial charge is 0.446 e. The van der Waals surface area contributed by atoms with Crippen molar-refractivity contribution in [2.45, 2.75) is 23.4 Å². The lowest BCUT2D eigenvalue weighted by Crippen LogP contribution is -2.24. The average molecular weight is 434 g/mol. The smallest absolute Gasteiger partial charge is 0.324 e. The van der Waals surface area contributed by atoms with E-state index in [-0.39, 0.29) is 28.1 Å². The number of nitrogens with one attached hydrogen (secondary N) is 2. The van der Waals surface area contributed by atoms with Gasteiger partial charge in [0, 0.05) is 34.2 Å². The molecule has 0 aliphatic carbocycles. The minimum absolute atomic E-state index is 0.00457. The summed E-state index contributed by atoms with van der Waals surface area (Å²) >= 11 is -0.244. The molecule has 1 atom stereocenters. The number of carbonyl (C=O) groups is 2. The molecule has 0 aliphatic rings. The molecule has 1 aromatic heterocycles. The Bertz CT molecular complexity index is 1020. The van der Waals surface area contributed by atoms with Crippen molar-refractivity contribution in [2.75, 3.05) is 10.6 Å². The predicted octanol–water partition coefficient (Wildman–Crippen LogP) is 4.95. The number of aromatic nitrogens is 2. The molecule has 0 bridgehead atoms. The minimum atomic E-state index is -4.39. The molecular formula is C20H17F3N4O2S. The number of thioether (sulfide) groups is 1. The van der Waals surface area contributed by atoms with Crippen LogP contribution in [-0.4, -0.2) is 27.1 Å². The lowest BCUT2D eigenvalue weighted by molar-refractivity contribution is -0.119.